The zero-order valence-corrected chi connectivity index (χ0v) is 22.5. The third-order valence-corrected chi connectivity index (χ3v) is 6.58. The topological polar surface area (TPSA) is 89.8 Å². The standard InChI is InChI=1S/C29H57NO4/c1-3-5-7-9-11-13-15-17-19-21-23-28(33)27(25-31)30-29(34)24-26(32)22-20-18-16-14-12-10-8-6-4-2/h10,12,26-28,31-33H,3-9,11,13-25H2,1-2H3,(H,30,34)/b12-10-. The van der Waals surface area contributed by atoms with Crippen molar-refractivity contribution in [1.29, 1.82) is 0 Å². The molecule has 1 amide bonds. The van der Waals surface area contributed by atoms with Crippen molar-refractivity contribution in [2.45, 2.75) is 161 Å². The fourth-order valence-electron chi connectivity index (χ4n) is 4.26. The van der Waals surface area contributed by atoms with Gasteiger partial charge in [-0.3, -0.25) is 4.79 Å². The van der Waals surface area contributed by atoms with Gasteiger partial charge < -0.3 is 20.6 Å². The molecule has 0 aliphatic carbocycles. The molecule has 0 spiro atoms. The summed E-state index contributed by atoms with van der Waals surface area (Å²) in [5, 5.41) is 32.8. The van der Waals surface area contributed by atoms with Crippen LogP contribution in [0.1, 0.15) is 142 Å². The van der Waals surface area contributed by atoms with Crippen LogP contribution >= 0.6 is 0 Å². The molecule has 0 saturated heterocycles. The first-order valence-electron chi connectivity index (χ1n) is 14.5. The minimum absolute atomic E-state index is 0.0262. The van der Waals surface area contributed by atoms with Crippen LogP contribution in [-0.2, 0) is 4.79 Å². The lowest BCUT2D eigenvalue weighted by molar-refractivity contribution is -0.125. The Hall–Kier alpha value is -0.910. The summed E-state index contributed by atoms with van der Waals surface area (Å²) in [4.78, 5) is 12.2. The highest BCUT2D eigenvalue weighted by Gasteiger charge is 2.21. The van der Waals surface area contributed by atoms with Crippen LogP contribution in [0.3, 0.4) is 0 Å². The molecule has 3 unspecified atom stereocenters. The second kappa shape index (κ2) is 25.2. The number of aliphatic hydroxyl groups excluding tert-OH is 3. The predicted molar refractivity (Wildman–Crippen MR) is 144 cm³/mol. The largest absolute Gasteiger partial charge is 0.394 e. The van der Waals surface area contributed by atoms with Crippen LogP contribution in [0.5, 0.6) is 0 Å². The number of carbonyl (C=O) groups is 1. The predicted octanol–water partition coefficient (Wildman–Crippen LogP) is 6.58. The molecule has 202 valence electrons. The van der Waals surface area contributed by atoms with E-state index in [1.165, 1.54) is 64.2 Å². The summed E-state index contributed by atoms with van der Waals surface area (Å²) in [7, 11) is 0. The Labute approximate surface area is 210 Å². The summed E-state index contributed by atoms with van der Waals surface area (Å²) in [6.07, 6.45) is 24.4. The number of carbonyl (C=O) groups excluding carboxylic acids is 1. The summed E-state index contributed by atoms with van der Waals surface area (Å²) >= 11 is 0. The normalized spacial score (nSPS) is 14.4. The van der Waals surface area contributed by atoms with Crippen LogP contribution in [0.4, 0.5) is 0 Å². The average Bonchev–Trinajstić information content (AvgIpc) is 2.82. The van der Waals surface area contributed by atoms with Gasteiger partial charge in [-0.2, -0.15) is 0 Å². The molecule has 0 aromatic heterocycles. The van der Waals surface area contributed by atoms with Crippen molar-refractivity contribution in [3.8, 4) is 0 Å². The Balaban J connectivity index is 3.80. The van der Waals surface area contributed by atoms with Gasteiger partial charge in [0.15, 0.2) is 0 Å². The molecule has 0 heterocycles. The Morgan fingerprint density at radius 2 is 1.21 bits per heavy atom. The minimum Gasteiger partial charge on any atom is -0.394 e. The Morgan fingerprint density at radius 1 is 0.706 bits per heavy atom. The number of rotatable bonds is 25. The number of unbranched alkanes of at least 4 members (excludes halogenated alkanes) is 14. The third kappa shape index (κ3) is 21.6. The molecule has 0 aliphatic rings. The van der Waals surface area contributed by atoms with Gasteiger partial charge in [-0.1, -0.05) is 116 Å². The van der Waals surface area contributed by atoms with E-state index in [9.17, 15) is 20.1 Å². The highest BCUT2D eigenvalue weighted by Crippen LogP contribution is 2.14. The maximum absolute atomic E-state index is 12.2. The molecule has 5 nitrogen and oxygen atoms in total. The molecule has 0 rings (SSSR count). The molecule has 0 aromatic carbocycles. The summed E-state index contributed by atoms with van der Waals surface area (Å²) in [5.74, 6) is -0.299. The second-order valence-corrected chi connectivity index (χ2v) is 10.0. The summed E-state index contributed by atoms with van der Waals surface area (Å²) in [6.45, 7) is 4.15. The van der Waals surface area contributed by atoms with E-state index in [0.29, 0.717) is 12.8 Å². The van der Waals surface area contributed by atoms with E-state index in [0.717, 1.165) is 44.9 Å². The van der Waals surface area contributed by atoms with E-state index in [-0.39, 0.29) is 18.9 Å². The molecule has 0 bridgehead atoms. The first-order chi connectivity index (χ1) is 16.5. The molecule has 0 radical (unpaired) electrons. The van der Waals surface area contributed by atoms with E-state index in [4.69, 9.17) is 0 Å². The molecule has 0 fully saturated rings. The number of amides is 1. The second-order valence-electron chi connectivity index (χ2n) is 10.0. The van der Waals surface area contributed by atoms with Crippen LogP contribution in [-0.4, -0.2) is 46.1 Å². The van der Waals surface area contributed by atoms with Crippen molar-refractivity contribution < 1.29 is 20.1 Å². The Morgan fingerprint density at radius 3 is 1.79 bits per heavy atom. The maximum atomic E-state index is 12.2. The molecule has 0 aromatic rings. The SMILES string of the molecule is CCCC/C=C\CCCCCC(O)CC(=O)NC(CO)C(O)CCCCCCCCCCCC. The number of nitrogens with one attached hydrogen (secondary N) is 1. The number of hydrogen-bond donors (Lipinski definition) is 4. The van der Waals surface area contributed by atoms with Crippen molar-refractivity contribution in [2.75, 3.05) is 6.61 Å². The highest BCUT2D eigenvalue weighted by molar-refractivity contribution is 5.76. The van der Waals surface area contributed by atoms with Gasteiger partial charge >= 0.3 is 0 Å². The first kappa shape index (κ1) is 33.1. The Bertz CT molecular complexity index is 469. The monoisotopic (exact) mass is 483 g/mol. The van der Waals surface area contributed by atoms with Gasteiger partial charge in [-0.15, -0.1) is 0 Å². The quantitative estimate of drug-likeness (QED) is 0.0871. The summed E-state index contributed by atoms with van der Waals surface area (Å²) in [5.41, 5.74) is 0. The van der Waals surface area contributed by atoms with E-state index in [1.54, 1.807) is 0 Å². The third-order valence-electron chi connectivity index (χ3n) is 6.58. The highest BCUT2D eigenvalue weighted by atomic mass is 16.3. The van der Waals surface area contributed by atoms with E-state index >= 15 is 0 Å². The zero-order chi connectivity index (χ0) is 25.3. The molecule has 4 N–H and O–H groups in total. The lowest BCUT2D eigenvalue weighted by Crippen LogP contribution is -2.46. The van der Waals surface area contributed by atoms with Gasteiger partial charge in [0, 0.05) is 0 Å². The number of allylic oxidation sites excluding steroid dienone is 2. The number of aliphatic hydroxyl groups is 3. The molecule has 3 atom stereocenters. The van der Waals surface area contributed by atoms with E-state index in [2.05, 4.69) is 31.3 Å². The van der Waals surface area contributed by atoms with Crippen molar-refractivity contribution in [3.63, 3.8) is 0 Å². The van der Waals surface area contributed by atoms with Gasteiger partial charge in [0.1, 0.15) is 0 Å². The van der Waals surface area contributed by atoms with Gasteiger partial charge in [0.25, 0.3) is 0 Å². The first-order valence-corrected chi connectivity index (χ1v) is 14.5. The summed E-state index contributed by atoms with van der Waals surface area (Å²) < 4.78 is 0. The van der Waals surface area contributed by atoms with Crippen LogP contribution in [0.25, 0.3) is 0 Å². The van der Waals surface area contributed by atoms with Gasteiger partial charge in [0.2, 0.25) is 5.91 Å². The van der Waals surface area contributed by atoms with Crippen molar-refractivity contribution in [1.82, 2.24) is 5.32 Å². The lowest BCUT2D eigenvalue weighted by atomic mass is 10.0. The van der Waals surface area contributed by atoms with Crippen LogP contribution in [0.2, 0.25) is 0 Å². The molecule has 0 aliphatic heterocycles. The maximum Gasteiger partial charge on any atom is 0.222 e. The van der Waals surface area contributed by atoms with Gasteiger partial charge in [-0.05, 0) is 32.1 Å². The van der Waals surface area contributed by atoms with E-state index < -0.39 is 18.2 Å². The Kier molecular flexibility index (Phi) is 24.5. The fourth-order valence-corrected chi connectivity index (χ4v) is 4.26. The zero-order valence-electron chi connectivity index (χ0n) is 22.5. The van der Waals surface area contributed by atoms with Gasteiger partial charge in [0.05, 0.1) is 31.3 Å². The van der Waals surface area contributed by atoms with Crippen molar-refractivity contribution >= 4 is 5.91 Å². The smallest absolute Gasteiger partial charge is 0.222 e. The van der Waals surface area contributed by atoms with Gasteiger partial charge in [-0.25, -0.2) is 0 Å². The fraction of sp³-hybridized carbons (Fsp3) is 0.897. The van der Waals surface area contributed by atoms with Crippen LogP contribution < -0.4 is 5.32 Å². The molecule has 0 saturated carbocycles. The van der Waals surface area contributed by atoms with Crippen molar-refractivity contribution in [3.05, 3.63) is 12.2 Å². The van der Waals surface area contributed by atoms with Crippen LogP contribution in [0, 0.1) is 0 Å². The van der Waals surface area contributed by atoms with Crippen LogP contribution in [0.15, 0.2) is 12.2 Å². The van der Waals surface area contributed by atoms with Crippen molar-refractivity contribution in [2.24, 2.45) is 0 Å². The van der Waals surface area contributed by atoms with E-state index in [1.807, 2.05) is 0 Å². The lowest BCUT2D eigenvalue weighted by Gasteiger charge is -2.23. The summed E-state index contributed by atoms with van der Waals surface area (Å²) in [6, 6.07) is -0.655. The average molecular weight is 484 g/mol. The molecular formula is C29H57NO4. The molecule has 5 heteroatoms. The number of hydrogen-bond acceptors (Lipinski definition) is 4. The molecule has 34 heavy (non-hydrogen) atoms. The minimum atomic E-state index is -0.745. The molecular weight excluding hydrogens is 426 g/mol.